The number of methoxy groups -OCH3 is 1. The van der Waals surface area contributed by atoms with E-state index in [9.17, 15) is 9.90 Å². The number of rotatable bonds is 9. The number of hydrogen-bond donors (Lipinski definition) is 1. The third-order valence-corrected chi connectivity index (χ3v) is 4.18. The SMILES string of the molecule is CCCOc1ccccc1CC(=O)Cc1coc(-c2ccc(OC)c(O)c2)n1. The zero-order valence-electron chi connectivity index (χ0n) is 16.0. The maximum Gasteiger partial charge on any atom is 0.226 e. The Labute approximate surface area is 163 Å². The Hall–Kier alpha value is -3.28. The average molecular weight is 381 g/mol. The van der Waals surface area contributed by atoms with E-state index in [0.717, 1.165) is 17.7 Å². The van der Waals surface area contributed by atoms with E-state index in [1.54, 1.807) is 12.1 Å². The first-order chi connectivity index (χ1) is 13.6. The van der Waals surface area contributed by atoms with Crippen LogP contribution in [0.3, 0.4) is 0 Å². The molecule has 0 atom stereocenters. The maximum atomic E-state index is 12.5. The van der Waals surface area contributed by atoms with Crippen LogP contribution in [0.4, 0.5) is 0 Å². The summed E-state index contributed by atoms with van der Waals surface area (Å²) in [5, 5.41) is 9.90. The molecule has 0 aliphatic heterocycles. The fraction of sp³-hybridized carbons (Fsp3) is 0.273. The Kier molecular flexibility index (Phi) is 6.32. The molecular weight excluding hydrogens is 358 g/mol. The molecule has 0 bridgehead atoms. The summed E-state index contributed by atoms with van der Waals surface area (Å²) in [6, 6.07) is 12.4. The molecule has 1 aromatic heterocycles. The van der Waals surface area contributed by atoms with E-state index in [4.69, 9.17) is 13.9 Å². The van der Waals surface area contributed by atoms with Gasteiger partial charge in [-0.1, -0.05) is 25.1 Å². The van der Waals surface area contributed by atoms with Crippen LogP contribution < -0.4 is 9.47 Å². The van der Waals surface area contributed by atoms with Crippen molar-refractivity contribution in [3.63, 3.8) is 0 Å². The third-order valence-electron chi connectivity index (χ3n) is 4.18. The summed E-state index contributed by atoms with van der Waals surface area (Å²) >= 11 is 0. The molecule has 6 heteroatoms. The molecule has 0 amide bonds. The van der Waals surface area contributed by atoms with Crippen LogP contribution in [-0.4, -0.2) is 29.6 Å². The maximum absolute atomic E-state index is 12.5. The fourth-order valence-electron chi connectivity index (χ4n) is 2.82. The van der Waals surface area contributed by atoms with Crippen molar-refractivity contribution >= 4 is 5.78 Å². The number of para-hydroxylation sites is 1. The van der Waals surface area contributed by atoms with Crippen LogP contribution in [0.25, 0.3) is 11.5 Å². The molecule has 0 fully saturated rings. The Morgan fingerprint density at radius 3 is 2.71 bits per heavy atom. The molecule has 2 aromatic carbocycles. The van der Waals surface area contributed by atoms with Gasteiger partial charge in [0, 0.05) is 17.5 Å². The van der Waals surface area contributed by atoms with Gasteiger partial charge in [0.15, 0.2) is 11.5 Å². The predicted molar refractivity (Wildman–Crippen MR) is 105 cm³/mol. The van der Waals surface area contributed by atoms with Crippen LogP contribution in [0.15, 0.2) is 53.1 Å². The summed E-state index contributed by atoms with van der Waals surface area (Å²) in [6.07, 6.45) is 2.80. The third kappa shape index (κ3) is 4.71. The molecule has 1 heterocycles. The lowest BCUT2D eigenvalue weighted by atomic mass is 10.1. The number of benzene rings is 2. The first-order valence-corrected chi connectivity index (χ1v) is 9.15. The number of nitrogens with zero attached hydrogens (tertiary/aromatic N) is 1. The minimum absolute atomic E-state index is 0.000451. The molecule has 0 spiro atoms. The van der Waals surface area contributed by atoms with Crippen molar-refractivity contribution in [1.82, 2.24) is 4.98 Å². The summed E-state index contributed by atoms with van der Waals surface area (Å²) in [5.74, 6) is 1.47. The second-order valence-electron chi connectivity index (χ2n) is 6.38. The van der Waals surface area contributed by atoms with Crippen LogP contribution >= 0.6 is 0 Å². The van der Waals surface area contributed by atoms with Gasteiger partial charge in [-0.25, -0.2) is 4.98 Å². The summed E-state index contributed by atoms with van der Waals surface area (Å²) in [4.78, 5) is 16.9. The molecule has 0 aliphatic rings. The highest BCUT2D eigenvalue weighted by atomic mass is 16.5. The predicted octanol–water partition coefficient (Wildman–Crippen LogP) is 4.20. The lowest BCUT2D eigenvalue weighted by Crippen LogP contribution is -2.08. The molecule has 0 aliphatic carbocycles. The number of aromatic nitrogens is 1. The number of phenols is 1. The Morgan fingerprint density at radius 1 is 1.14 bits per heavy atom. The van der Waals surface area contributed by atoms with E-state index in [0.29, 0.717) is 29.5 Å². The van der Waals surface area contributed by atoms with Gasteiger partial charge in [-0.2, -0.15) is 0 Å². The lowest BCUT2D eigenvalue weighted by Gasteiger charge is -2.09. The molecule has 0 saturated carbocycles. The van der Waals surface area contributed by atoms with Crippen molar-refractivity contribution in [3.05, 3.63) is 60.0 Å². The molecule has 3 rings (SSSR count). The number of phenolic OH excluding ortho intramolecular Hbond substituents is 1. The zero-order chi connectivity index (χ0) is 19.9. The van der Waals surface area contributed by atoms with Gasteiger partial charge in [-0.15, -0.1) is 0 Å². The van der Waals surface area contributed by atoms with Gasteiger partial charge in [-0.05, 0) is 30.7 Å². The highest BCUT2D eigenvalue weighted by Gasteiger charge is 2.14. The Morgan fingerprint density at radius 2 is 1.96 bits per heavy atom. The first-order valence-electron chi connectivity index (χ1n) is 9.15. The molecule has 0 radical (unpaired) electrons. The second-order valence-corrected chi connectivity index (χ2v) is 6.38. The molecule has 146 valence electrons. The van der Waals surface area contributed by atoms with Crippen LogP contribution in [0.5, 0.6) is 17.2 Å². The largest absolute Gasteiger partial charge is 0.504 e. The van der Waals surface area contributed by atoms with Crippen LogP contribution in [0, 0.1) is 0 Å². The van der Waals surface area contributed by atoms with Crippen molar-refractivity contribution in [2.24, 2.45) is 0 Å². The van der Waals surface area contributed by atoms with Crippen LogP contribution in [0.2, 0.25) is 0 Å². The van der Waals surface area contributed by atoms with Gasteiger partial charge in [0.2, 0.25) is 5.89 Å². The standard InChI is InChI=1S/C22H23NO5/c1-3-10-27-20-7-5-4-6-15(20)11-18(24)13-17-14-28-22(23-17)16-8-9-21(26-2)19(25)12-16/h4-9,12,14,25H,3,10-11,13H2,1-2H3. The topological polar surface area (TPSA) is 81.8 Å². The summed E-state index contributed by atoms with van der Waals surface area (Å²) < 4.78 is 16.2. The quantitative estimate of drug-likeness (QED) is 0.598. The number of oxazole rings is 1. The average Bonchev–Trinajstić information content (AvgIpc) is 3.15. The zero-order valence-corrected chi connectivity index (χ0v) is 16.0. The van der Waals surface area contributed by atoms with E-state index in [-0.39, 0.29) is 24.4 Å². The molecule has 3 aromatic rings. The minimum atomic E-state index is -0.000451. The van der Waals surface area contributed by atoms with Gasteiger partial charge in [0.1, 0.15) is 17.8 Å². The lowest BCUT2D eigenvalue weighted by molar-refractivity contribution is -0.117. The monoisotopic (exact) mass is 381 g/mol. The number of Topliss-reactive ketones (excluding diaryl/α,β-unsaturated/α-hetero) is 1. The number of ketones is 1. The normalized spacial score (nSPS) is 10.6. The Bertz CT molecular complexity index is 948. The van der Waals surface area contributed by atoms with Gasteiger partial charge in [0.25, 0.3) is 0 Å². The summed E-state index contributed by atoms with van der Waals surface area (Å²) in [5.41, 5.74) is 2.02. The van der Waals surface area contributed by atoms with E-state index in [2.05, 4.69) is 4.98 Å². The van der Waals surface area contributed by atoms with E-state index in [1.807, 2.05) is 31.2 Å². The number of ether oxygens (including phenoxy) is 2. The van der Waals surface area contributed by atoms with Gasteiger partial charge in [0.05, 0.1) is 25.8 Å². The van der Waals surface area contributed by atoms with E-state index < -0.39 is 0 Å². The number of carbonyl (C=O) groups is 1. The van der Waals surface area contributed by atoms with Gasteiger partial charge in [-0.3, -0.25) is 4.79 Å². The molecule has 6 nitrogen and oxygen atoms in total. The molecule has 0 unspecified atom stereocenters. The fourth-order valence-corrected chi connectivity index (χ4v) is 2.82. The van der Waals surface area contributed by atoms with Crippen molar-refractivity contribution in [2.45, 2.75) is 26.2 Å². The van der Waals surface area contributed by atoms with Gasteiger partial charge >= 0.3 is 0 Å². The smallest absolute Gasteiger partial charge is 0.226 e. The molecule has 28 heavy (non-hydrogen) atoms. The second kappa shape index (κ2) is 9.08. The van der Waals surface area contributed by atoms with Crippen molar-refractivity contribution < 1.29 is 23.8 Å². The van der Waals surface area contributed by atoms with Gasteiger partial charge < -0.3 is 19.0 Å². The number of aromatic hydroxyl groups is 1. The van der Waals surface area contributed by atoms with Crippen molar-refractivity contribution in [3.8, 4) is 28.7 Å². The molecular formula is C22H23NO5. The van der Waals surface area contributed by atoms with Crippen LogP contribution in [-0.2, 0) is 17.6 Å². The highest BCUT2D eigenvalue weighted by molar-refractivity contribution is 5.83. The number of hydrogen-bond acceptors (Lipinski definition) is 6. The van der Waals surface area contributed by atoms with E-state index in [1.165, 1.54) is 19.4 Å². The number of carbonyl (C=O) groups excluding carboxylic acids is 1. The highest BCUT2D eigenvalue weighted by Crippen LogP contribution is 2.31. The summed E-state index contributed by atoms with van der Waals surface area (Å²) in [6.45, 7) is 2.66. The first kappa shape index (κ1) is 19.5. The minimum Gasteiger partial charge on any atom is -0.504 e. The van der Waals surface area contributed by atoms with Crippen molar-refractivity contribution in [1.29, 1.82) is 0 Å². The van der Waals surface area contributed by atoms with E-state index >= 15 is 0 Å². The molecule has 1 N–H and O–H groups in total. The van der Waals surface area contributed by atoms with Crippen molar-refractivity contribution in [2.75, 3.05) is 13.7 Å². The summed E-state index contributed by atoms with van der Waals surface area (Å²) in [7, 11) is 1.48. The Balaban J connectivity index is 1.67. The van der Waals surface area contributed by atoms with Crippen LogP contribution in [0.1, 0.15) is 24.6 Å². The molecule has 0 saturated heterocycles.